The minimum atomic E-state index is -5.08. The molecule has 0 saturated carbocycles. The van der Waals surface area contributed by atoms with Gasteiger partial charge < -0.3 is 14.4 Å². The number of thiazole rings is 1. The zero-order chi connectivity index (χ0) is 25.8. The van der Waals surface area contributed by atoms with E-state index in [1.165, 1.54) is 0 Å². The largest absolute Gasteiger partial charge is 0.490 e. The van der Waals surface area contributed by atoms with Crippen molar-refractivity contribution in [3.05, 3.63) is 59.6 Å². The summed E-state index contributed by atoms with van der Waals surface area (Å²) in [5.41, 5.74) is 3.33. The average Bonchev–Trinajstić information content (AvgIpc) is 3.55. The highest BCUT2D eigenvalue weighted by Crippen LogP contribution is 2.28. The molecule has 4 heterocycles. The van der Waals surface area contributed by atoms with Crippen molar-refractivity contribution < 1.29 is 27.9 Å². The highest BCUT2D eigenvalue weighted by atomic mass is 32.1. The number of hydrogen-bond donors (Lipinski definition) is 1. The van der Waals surface area contributed by atoms with Crippen LogP contribution in [0.2, 0.25) is 0 Å². The summed E-state index contributed by atoms with van der Waals surface area (Å²) in [6, 6.07) is 7.86. The van der Waals surface area contributed by atoms with Gasteiger partial charge in [-0.1, -0.05) is 19.4 Å². The van der Waals surface area contributed by atoms with Gasteiger partial charge in [0, 0.05) is 37.6 Å². The van der Waals surface area contributed by atoms with Crippen LogP contribution in [-0.4, -0.2) is 60.6 Å². The number of aryl methyl sites for hydroxylation is 1. The lowest BCUT2D eigenvalue weighted by Crippen LogP contribution is -2.27. The summed E-state index contributed by atoms with van der Waals surface area (Å²) < 4.78 is 35.8. The first-order valence-electron chi connectivity index (χ1n) is 10.7. The Bertz CT molecular complexity index is 1310. The molecule has 0 aromatic carbocycles. The molecule has 4 aromatic rings. The van der Waals surface area contributed by atoms with Crippen LogP contribution < -0.4 is 0 Å². The summed E-state index contributed by atoms with van der Waals surface area (Å²) in [6.45, 7) is 4.85. The molecule has 0 aliphatic heterocycles. The molecule has 12 heteroatoms. The zero-order valence-electron chi connectivity index (χ0n) is 19.3. The molecule has 1 N–H and O–H groups in total. The van der Waals surface area contributed by atoms with Gasteiger partial charge in [-0.3, -0.25) is 9.36 Å². The van der Waals surface area contributed by atoms with Crippen LogP contribution in [0.3, 0.4) is 0 Å². The number of carboxylic acids is 1. The molecule has 0 fully saturated rings. The van der Waals surface area contributed by atoms with Crippen molar-refractivity contribution in [2.75, 3.05) is 13.6 Å². The van der Waals surface area contributed by atoms with E-state index in [1.54, 1.807) is 22.4 Å². The maximum Gasteiger partial charge on any atom is 0.490 e. The van der Waals surface area contributed by atoms with Crippen LogP contribution in [-0.2, 0) is 4.79 Å². The number of carbonyl (C=O) groups excluding carboxylic acids is 1. The molecule has 0 bridgehead atoms. The molecule has 186 valence electrons. The molecule has 0 aliphatic carbocycles. The molecule has 1 amide bonds. The van der Waals surface area contributed by atoms with E-state index in [-0.39, 0.29) is 5.91 Å². The molecule has 8 nitrogen and oxygen atoms in total. The van der Waals surface area contributed by atoms with Crippen LogP contribution in [0.1, 0.15) is 35.9 Å². The van der Waals surface area contributed by atoms with Gasteiger partial charge in [0.2, 0.25) is 0 Å². The third-order valence-corrected chi connectivity index (χ3v) is 5.88. The number of unbranched alkanes of at least 4 members (excludes halogenated alkanes) is 1. The predicted octanol–water partition coefficient (Wildman–Crippen LogP) is 5.06. The Morgan fingerprint density at radius 3 is 2.57 bits per heavy atom. The van der Waals surface area contributed by atoms with Crippen LogP contribution in [0, 0.1) is 6.92 Å². The topological polar surface area (TPSA) is 92.7 Å². The smallest absolute Gasteiger partial charge is 0.475 e. The van der Waals surface area contributed by atoms with Crippen LogP contribution >= 0.6 is 11.3 Å². The van der Waals surface area contributed by atoms with E-state index in [1.807, 2.05) is 65.0 Å². The van der Waals surface area contributed by atoms with Crippen LogP contribution in [0.15, 0.2) is 48.2 Å². The van der Waals surface area contributed by atoms with Gasteiger partial charge in [-0.25, -0.2) is 14.8 Å². The van der Waals surface area contributed by atoms with Crippen LogP contribution in [0.5, 0.6) is 0 Å². The number of halogens is 3. The first-order chi connectivity index (χ1) is 16.5. The van der Waals surface area contributed by atoms with Crippen molar-refractivity contribution in [2.45, 2.75) is 32.9 Å². The lowest BCUT2D eigenvalue weighted by atomic mass is 10.2. The van der Waals surface area contributed by atoms with Gasteiger partial charge in [0.15, 0.2) is 5.13 Å². The molecular weight excluding hydrogens is 483 g/mol. The van der Waals surface area contributed by atoms with E-state index in [0.29, 0.717) is 5.56 Å². The zero-order valence-corrected chi connectivity index (χ0v) is 20.1. The number of rotatable bonds is 6. The van der Waals surface area contributed by atoms with Crippen LogP contribution in [0.25, 0.3) is 22.0 Å². The second kappa shape index (κ2) is 10.7. The minimum Gasteiger partial charge on any atom is -0.475 e. The summed E-state index contributed by atoms with van der Waals surface area (Å²) >= 11 is 1.57. The maximum atomic E-state index is 13.0. The van der Waals surface area contributed by atoms with E-state index in [4.69, 9.17) is 14.9 Å². The number of carboxylic acid groups (broad SMARTS) is 1. The number of pyridine rings is 1. The number of amides is 1. The number of hydrogen-bond acceptors (Lipinski definition) is 5. The number of fused-ring (bicyclic) bond motifs is 1. The van der Waals surface area contributed by atoms with Gasteiger partial charge in [0.05, 0.1) is 16.8 Å². The van der Waals surface area contributed by atoms with E-state index in [0.717, 1.165) is 47.2 Å². The number of carbonyl (C=O) groups is 2. The van der Waals surface area contributed by atoms with E-state index in [2.05, 4.69) is 11.9 Å². The molecule has 0 atom stereocenters. The number of aliphatic carboxylic acids is 1. The van der Waals surface area contributed by atoms with Crippen molar-refractivity contribution in [1.82, 2.24) is 23.8 Å². The molecule has 0 radical (unpaired) electrons. The summed E-state index contributed by atoms with van der Waals surface area (Å²) in [5, 5.41) is 9.96. The van der Waals surface area contributed by atoms with Crippen molar-refractivity contribution in [3.63, 3.8) is 0 Å². The predicted molar refractivity (Wildman–Crippen MR) is 126 cm³/mol. The second-order valence-corrected chi connectivity index (χ2v) is 8.51. The Morgan fingerprint density at radius 1 is 1.26 bits per heavy atom. The van der Waals surface area contributed by atoms with Gasteiger partial charge in [-0.2, -0.15) is 13.2 Å². The maximum absolute atomic E-state index is 13.0. The Balaban J connectivity index is 0.000000429. The molecule has 0 unspecified atom stereocenters. The van der Waals surface area contributed by atoms with E-state index < -0.39 is 12.1 Å². The van der Waals surface area contributed by atoms with Crippen molar-refractivity contribution in [1.29, 1.82) is 0 Å². The summed E-state index contributed by atoms with van der Waals surface area (Å²) in [4.78, 5) is 32.9. The lowest BCUT2D eigenvalue weighted by Gasteiger charge is -2.16. The Morgan fingerprint density at radius 2 is 1.97 bits per heavy atom. The highest BCUT2D eigenvalue weighted by Gasteiger charge is 2.38. The quantitative estimate of drug-likeness (QED) is 0.394. The first-order valence-corrected chi connectivity index (χ1v) is 11.5. The monoisotopic (exact) mass is 507 g/mol. The molecule has 4 rings (SSSR count). The summed E-state index contributed by atoms with van der Waals surface area (Å²) in [6.07, 6.45) is 2.73. The standard InChI is InChI=1S/C21H23N5OS.C2HF3O2/c1-4-5-10-24(3)20(27)16-13-19(25-11-7-6-8-18(16)25)17-14-26(15(2)23-17)21-22-9-12-28-21;3-2(4,5)1(6)7/h6-9,11-14H,4-5,10H2,1-3H3;(H,6,7). The fourth-order valence-corrected chi connectivity index (χ4v) is 4.01. The molecule has 0 spiro atoms. The minimum absolute atomic E-state index is 0.0412. The van der Waals surface area contributed by atoms with Gasteiger partial charge in [-0.15, -0.1) is 11.3 Å². The van der Waals surface area contributed by atoms with Crippen LogP contribution in [0.4, 0.5) is 13.2 Å². The molecule has 4 aromatic heterocycles. The molecule has 0 saturated heterocycles. The third-order valence-electron chi connectivity index (χ3n) is 5.11. The normalized spacial score (nSPS) is 11.3. The second-order valence-electron chi connectivity index (χ2n) is 7.64. The molecular formula is C23H24F3N5O3S. The Kier molecular flexibility index (Phi) is 7.95. The first kappa shape index (κ1) is 25.9. The van der Waals surface area contributed by atoms with Crippen molar-refractivity contribution in [2.24, 2.45) is 0 Å². The van der Waals surface area contributed by atoms with Gasteiger partial charge >= 0.3 is 12.1 Å². The summed E-state index contributed by atoms with van der Waals surface area (Å²) in [7, 11) is 1.87. The lowest BCUT2D eigenvalue weighted by molar-refractivity contribution is -0.192. The summed E-state index contributed by atoms with van der Waals surface area (Å²) in [5.74, 6) is -1.85. The van der Waals surface area contributed by atoms with Gasteiger partial charge in [-0.05, 0) is 31.5 Å². The number of alkyl halides is 3. The number of nitrogens with zero attached hydrogens (tertiary/aromatic N) is 5. The van der Waals surface area contributed by atoms with Gasteiger partial charge in [0.25, 0.3) is 5.91 Å². The fourth-order valence-electron chi connectivity index (χ4n) is 3.35. The molecule has 35 heavy (non-hydrogen) atoms. The van der Waals surface area contributed by atoms with E-state index in [9.17, 15) is 18.0 Å². The molecule has 0 aliphatic rings. The Labute approximate surface area is 203 Å². The Hall–Kier alpha value is -3.67. The van der Waals surface area contributed by atoms with Crippen molar-refractivity contribution >= 4 is 28.7 Å². The SMILES string of the molecule is CCCCN(C)C(=O)c1cc(-c2cn(-c3nccs3)c(C)n2)n2ccccc12.O=C(O)C(F)(F)F. The number of imidazole rings is 1. The highest BCUT2D eigenvalue weighted by molar-refractivity contribution is 7.12. The van der Waals surface area contributed by atoms with Gasteiger partial charge in [0.1, 0.15) is 11.5 Å². The fraction of sp³-hybridized carbons (Fsp3) is 0.304. The van der Waals surface area contributed by atoms with E-state index >= 15 is 0 Å². The number of aromatic nitrogens is 4. The third kappa shape index (κ3) is 5.88. The average molecular weight is 508 g/mol. The van der Waals surface area contributed by atoms with Crippen molar-refractivity contribution in [3.8, 4) is 16.5 Å².